The fourth-order valence-corrected chi connectivity index (χ4v) is 3.61. The van der Waals surface area contributed by atoms with Crippen LogP contribution in [0.1, 0.15) is 36.7 Å². The minimum Gasteiger partial charge on any atom is -0.376 e. The zero-order valence-corrected chi connectivity index (χ0v) is 14.4. The highest BCUT2D eigenvalue weighted by Gasteiger charge is 2.23. The van der Waals surface area contributed by atoms with Crippen LogP contribution in [-0.4, -0.2) is 64.8 Å². The summed E-state index contributed by atoms with van der Waals surface area (Å²) in [7, 11) is 1.99. The van der Waals surface area contributed by atoms with Crippen LogP contribution in [0, 0.1) is 0 Å². The minimum atomic E-state index is 0.261. The molecule has 0 unspecified atom stereocenters. The molecule has 128 valence electrons. The van der Waals surface area contributed by atoms with Crippen LogP contribution in [0.2, 0.25) is 0 Å². The molecule has 0 radical (unpaired) electrons. The van der Waals surface area contributed by atoms with E-state index >= 15 is 0 Å². The molecule has 1 fully saturated rings. The first-order chi connectivity index (χ1) is 11.2. The molecule has 0 bridgehead atoms. The topological polar surface area (TPSA) is 50.6 Å². The predicted octanol–water partition coefficient (Wildman–Crippen LogP) is 0.980. The highest BCUT2D eigenvalue weighted by atomic mass is 16.5. The average molecular weight is 320 g/mol. The third-order valence-electron chi connectivity index (χ3n) is 4.93. The molecule has 1 amide bonds. The smallest absolute Gasteiger partial charge is 0.223 e. The number of nitrogens with zero attached hydrogens (tertiary/aromatic N) is 4. The molecular weight excluding hydrogens is 292 g/mol. The van der Waals surface area contributed by atoms with Crippen LogP contribution in [0.5, 0.6) is 0 Å². The lowest BCUT2D eigenvalue weighted by Crippen LogP contribution is -2.48. The molecule has 0 atom stereocenters. The van der Waals surface area contributed by atoms with Crippen molar-refractivity contribution < 1.29 is 9.53 Å². The molecule has 0 aromatic carbocycles. The monoisotopic (exact) mass is 320 g/mol. The summed E-state index contributed by atoms with van der Waals surface area (Å²) in [4.78, 5) is 16.9. The molecule has 0 aliphatic carbocycles. The lowest BCUT2D eigenvalue weighted by molar-refractivity contribution is -0.132. The Balaban J connectivity index is 1.52. The number of piperazine rings is 1. The molecule has 1 aromatic rings. The molecule has 6 heteroatoms. The average Bonchev–Trinajstić information content (AvgIpc) is 2.90. The maximum atomic E-state index is 12.5. The predicted molar refractivity (Wildman–Crippen MR) is 88.2 cm³/mol. The van der Waals surface area contributed by atoms with Gasteiger partial charge in [-0.3, -0.25) is 14.4 Å². The standard InChI is InChI=1S/C17H28N4O2/c1-3-7-20-8-10-21(11-9-20)17(22)5-4-15-14-13-23-12-6-16(14)19(2)18-15/h3-13H2,1-2H3. The summed E-state index contributed by atoms with van der Waals surface area (Å²) >= 11 is 0. The molecule has 0 N–H and O–H groups in total. The Bertz CT molecular complexity index is 547. The normalized spacial score (nSPS) is 19.0. The van der Waals surface area contributed by atoms with Crippen molar-refractivity contribution in [1.29, 1.82) is 0 Å². The Labute approximate surface area is 138 Å². The fraction of sp³-hybridized carbons (Fsp3) is 0.765. The first-order valence-electron chi connectivity index (χ1n) is 8.80. The summed E-state index contributed by atoms with van der Waals surface area (Å²) in [5.41, 5.74) is 3.52. The van der Waals surface area contributed by atoms with E-state index in [1.54, 1.807) is 0 Å². The van der Waals surface area contributed by atoms with Gasteiger partial charge in [0.25, 0.3) is 0 Å². The van der Waals surface area contributed by atoms with Gasteiger partial charge in [-0.25, -0.2) is 0 Å². The van der Waals surface area contributed by atoms with Gasteiger partial charge in [-0.1, -0.05) is 6.92 Å². The molecule has 0 saturated carbocycles. The van der Waals surface area contributed by atoms with Crippen LogP contribution in [0.25, 0.3) is 0 Å². The van der Waals surface area contributed by atoms with E-state index in [2.05, 4.69) is 16.9 Å². The number of aromatic nitrogens is 2. The third-order valence-corrected chi connectivity index (χ3v) is 4.93. The molecule has 0 spiro atoms. The minimum absolute atomic E-state index is 0.261. The van der Waals surface area contributed by atoms with Gasteiger partial charge in [0.15, 0.2) is 0 Å². The van der Waals surface area contributed by atoms with Crippen molar-refractivity contribution in [2.75, 3.05) is 39.3 Å². The van der Waals surface area contributed by atoms with Gasteiger partial charge in [0, 0.05) is 63.7 Å². The zero-order chi connectivity index (χ0) is 16.2. The van der Waals surface area contributed by atoms with E-state index in [0.29, 0.717) is 13.0 Å². The molecule has 23 heavy (non-hydrogen) atoms. The molecule has 6 nitrogen and oxygen atoms in total. The quantitative estimate of drug-likeness (QED) is 0.811. The lowest BCUT2D eigenvalue weighted by Gasteiger charge is -2.34. The van der Waals surface area contributed by atoms with Crippen LogP contribution in [0.4, 0.5) is 0 Å². The SMILES string of the molecule is CCCN1CCN(C(=O)CCc2nn(C)c3c2COCC3)CC1. The number of carbonyl (C=O) groups is 1. The first kappa shape index (κ1) is 16.5. The van der Waals surface area contributed by atoms with Crippen LogP contribution >= 0.6 is 0 Å². The lowest BCUT2D eigenvalue weighted by atomic mass is 10.1. The van der Waals surface area contributed by atoms with Gasteiger partial charge in [0.05, 0.1) is 18.9 Å². The van der Waals surface area contributed by atoms with E-state index in [1.807, 2.05) is 16.6 Å². The number of amides is 1. The second kappa shape index (κ2) is 7.45. The number of aryl methyl sites for hydroxylation is 2. The van der Waals surface area contributed by atoms with E-state index in [0.717, 1.165) is 57.9 Å². The number of ether oxygens (including phenoxy) is 1. The largest absolute Gasteiger partial charge is 0.376 e. The summed E-state index contributed by atoms with van der Waals surface area (Å²) in [5.74, 6) is 0.261. The van der Waals surface area contributed by atoms with Crippen LogP contribution in [0.15, 0.2) is 0 Å². The molecule has 3 rings (SSSR count). The van der Waals surface area contributed by atoms with Crippen molar-refractivity contribution in [1.82, 2.24) is 19.6 Å². The van der Waals surface area contributed by atoms with E-state index in [4.69, 9.17) is 4.74 Å². The fourth-order valence-electron chi connectivity index (χ4n) is 3.61. The number of fused-ring (bicyclic) bond motifs is 1. The number of hydrogen-bond acceptors (Lipinski definition) is 4. The van der Waals surface area contributed by atoms with Gasteiger partial charge in [-0.2, -0.15) is 5.10 Å². The van der Waals surface area contributed by atoms with Crippen molar-refractivity contribution >= 4 is 5.91 Å². The van der Waals surface area contributed by atoms with Crippen LogP contribution in [0.3, 0.4) is 0 Å². The van der Waals surface area contributed by atoms with Gasteiger partial charge in [-0.15, -0.1) is 0 Å². The molecule has 3 heterocycles. The Morgan fingerprint density at radius 1 is 1.26 bits per heavy atom. The van der Waals surface area contributed by atoms with Crippen LogP contribution in [-0.2, 0) is 36.0 Å². The van der Waals surface area contributed by atoms with Gasteiger partial charge in [0.2, 0.25) is 5.91 Å². The second-order valence-electron chi connectivity index (χ2n) is 6.52. The van der Waals surface area contributed by atoms with Crippen LogP contribution < -0.4 is 0 Å². The molecule has 2 aliphatic heterocycles. The van der Waals surface area contributed by atoms with E-state index in [1.165, 1.54) is 17.7 Å². The Hall–Kier alpha value is -1.40. The van der Waals surface area contributed by atoms with Gasteiger partial charge in [-0.05, 0) is 13.0 Å². The van der Waals surface area contributed by atoms with Crippen molar-refractivity contribution in [2.45, 2.75) is 39.2 Å². The summed E-state index contributed by atoms with van der Waals surface area (Å²) in [6.45, 7) is 8.50. The maximum absolute atomic E-state index is 12.5. The van der Waals surface area contributed by atoms with Gasteiger partial charge >= 0.3 is 0 Å². The summed E-state index contributed by atoms with van der Waals surface area (Å²) in [6, 6.07) is 0. The van der Waals surface area contributed by atoms with Crippen molar-refractivity contribution in [2.24, 2.45) is 7.05 Å². The number of rotatable bonds is 5. The zero-order valence-electron chi connectivity index (χ0n) is 14.4. The number of hydrogen-bond donors (Lipinski definition) is 0. The maximum Gasteiger partial charge on any atom is 0.223 e. The highest BCUT2D eigenvalue weighted by molar-refractivity contribution is 5.76. The summed E-state index contributed by atoms with van der Waals surface area (Å²) in [6.07, 6.45) is 3.38. The third kappa shape index (κ3) is 3.75. The van der Waals surface area contributed by atoms with Crippen molar-refractivity contribution in [3.63, 3.8) is 0 Å². The van der Waals surface area contributed by atoms with Crippen molar-refractivity contribution in [3.05, 3.63) is 17.0 Å². The number of carbonyl (C=O) groups excluding carboxylic acids is 1. The molecular formula is C17H28N4O2. The molecule has 2 aliphatic rings. The molecule has 1 aromatic heterocycles. The Morgan fingerprint density at radius 2 is 2.04 bits per heavy atom. The summed E-state index contributed by atoms with van der Waals surface area (Å²) in [5, 5.41) is 4.60. The summed E-state index contributed by atoms with van der Waals surface area (Å²) < 4.78 is 7.51. The van der Waals surface area contributed by atoms with E-state index < -0.39 is 0 Å². The van der Waals surface area contributed by atoms with E-state index in [-0.39, 0.29) is 5.91 Å². The molecule has 1 saturated heterocycles. The second-order valence-corrected chi connectivity index (χ2v) is 6.52. The van der Waals surface area contributed by atoms with Crippen molar-refractivity contribution in [3.8, 4) is 0 Å². The Morgan fingerprint density at radius 3 is 2.78 bits per heavy atom. The van der Waals surface area contributed by atoms with Gasteiger partial charge < -0.3 is 9.64 Å². The highest BCUT2D eigenvalue weighted by Crippen LogP contribution is 2.21. The Kier molecular flexibility index (Phi) is 5.33. The van der Waals surface area contributed by atoms with E-state index in [9.17, 15) is 4.79 Å². The first-order valence-corrected chi connectivity index (χ1v) is 8.80. The van der Waals surface area contributed by atoms with Gasteiger partial charge in [0.1, 0.15) is 0 Å².